The molecular formula is C14H14F3N3O4. The lowest BCUT2D eigenvalue weighted by Gasteiger charge is -2.34. The van der Waals surface area contributed by atoms with Crippen molar-refractivity contribution in [1.29, 1.82) is 0 Å². The van der Waals surface area contributed by atoms with Gasteiger partial charge in [-0.25, -0.2) is 0 Å². The summed E-state index contributed by atoms with van der Waals surface area (Å²) in [7, 11) is 0. The van der Waals surface area contributed by atoms with E-state index in [0.717, 1.165) is 19.3 Å². The van der Waals surface area contributed by atoms with Crippen molar-refractivity contribution in [3.8, 4) is 0 Å². The monoisotopic (exact) mass is 345 g/mol. The largest absolute Gasteiger partial charge is 0.416 e. The quantitative estimate of drug-likeness (QED) is 0.612. The van der Waals surface area contributed by atoms with Gasteiger partial charge < -0.3 is 4.90 Å². The van der Waals surface area contributed by atoms with Gasteiger partial charge in [0.15, 0.2) is 5.69 Å². The SMILES string of the molecule is O=[N+]([O-])c1cc(C(F)(F)F)cc([N+](=O)[O-])c1N1CCCC2(CC2)C1. The maximum Gasteiger partial charge on any atom is 0.416 e. The van der Waals surface area contributed by atoms with Crippen LogP contribution in [0.3, 0.4) is 0 Å². The van der Waals surface area contributed by atoms with E-state index in [1.54, 1.807) is 0 Å². The molecule has 1 saturated heterocycles. The minimum atomic E-state index is -4.90. The van der Waals surface area contributed by atoms with E-state index in [-0.39, 0.29) is 11.1 Å². The Hall–Kier alpha value is -2.39. The molecule has 10 heteroatoms. The van der Waals surface area contributed by atoms with E-state index in [4.69, 9.17) is 0 Å². The Balaban J connectivity index is 2.15. The number of nitrogens with zero attached hydrogens (tertiary/aromatic N) is 3. The number of rotatable bonds is 3. The highest BCUT2D eigenvalue weighted by Gasteiger charge is 2.48. The van der Waals surface area contributed by atoms with Gasteiger partial charge >= 0.3 is 6.18 Å². The topological polar surface area (TPSA) is 89.5 Å². The lowest BCUT2D eigenvalue weighted by atomic mass is 9.94. The first-order valence-corrected chi connectivity index (χ1v) is 7.42. The van der Waals surface area contributed by atoms with E-state index >= 15 is 0 Å². The standard InChI is InChI=1S/C14H14F3N3O4/c15-14(16,17)9-6-10(19(21)22)12(11(7-9)20(23)24)18-5-1-2-13(8-18)3-4-13/h6-7H,1-5,8H2. The number of anilines is 1. The molecule has 3 rings (SSSR count). The number of piperidine rings is 1. The zero-order chi connectivity index (χ0) is 17.7. The normalized spacial score (nSPS) is 19.4. The molecule has 24 heavy (non-hydrogen) atoms. The van der Waals surface area contributed by atoms with Crippen LogP contribution in [-0.2, 0) is 6.18 Å². The Labute approximate surface area is 134 Å². The highest BCUT2D eigenvalue weighted by Crippen LogP contribution is 2.54. The van der Waals surface area contributed by atoms with Gasteiger partial charge in [0.05, 0.1) is 15.4 Å². The molecule has 1 aliphatic carbocycles. The summed E-state index contributed by atoms with van der Waals surface area (Å²) in [5.41, 5.74) is -3.43. The van der Waals surface area contributed by atoms with Crippen LogP contribution < -0.4 is 4.90 Å². The number of halogens is 3. The Morgan fingerprint density at radius 1 is 1.04 bits per heavy atom. The van der Waals surface area contributed by atoms with Crippen LogP contribution in [0.5, 0.6) is 0 Å². The molecule has 0 amide bonds. The second-order valence-electron chi connectivity index (χ2n) is 6.40. The van der Waals surface area contributed by atoms with E-state index < -0.39 is 33.0 Å². The van der Waals surface area contributed by atoms with Crippen LogP contribution in [0.25, 0.3) is 0 Å². The van der Waals surface area contributed by atoms with Gasteiger partial charge in [-0.05, 0) is 31.1 Å². The fraction of sp³-hybridized carbons (Fsp3) is 0.571. The van der Waals surface area contributed by atoms with E-state index in [0.29, 0.717) is 31.6 Å². The molecule has 0 unspecified atom stereocenters. The summed E-state index contributed by atoms with van der Waals surface area (Å²) >= 11 is 0. The summed E-state index contributed by atoms with van der Waals surface area (Å²) in [5.74, 6) is 0. The minimum absolute atomic E-state index is 0.00266. The average molecular weight is 345 g/mol. The molecule has 1 aromatic rings. The number of benzene rings is 1. The highest BCUT2D eigenvalue weighted by atomic mass is 19.4. The Morgan fingerprint density at radius 2 is 1.58 bits per heavy atom. The molecule has 1 heterocycles. The van der Waals surface area contributed by atoms with Gasteiger partial charge in [-0.3, -0.25) is 20.2 Å². The minimum Gasteiger partial charge on any atom is -0.360 e. The molecular weight excluding hydrogens is 331 g/mol. The van der Waals surface area contributed by atoms with Gasteiger partial charge in [-0.2, -0.15) is 13.2 Å². The number of nitro groups is 2. The van der Waals surface area contributed by atoms with Gasteiger partial charge in [0, 0.05) is 25.2 Å². The summed E-state index contributed by atoms with van der Waals surface area (Å²) < 4.78 is 38.8. The summed E-state index contributed by atoms with van der Waals surface area (Å²) in [4.78, 5) is 22.1. The smallest absolute Gasteiger partial charge is 0.360 e. The van der Waals surface area contributed by atoms with Crippen molar-refractivity contribution in [2.24, 2.45) is 5.41 Å². The Kier molecular flexibility index (Phi) is 3.65. The molecule has 0 atom stereocenters. The first-order chi connectivity index (χ1) is 11.1. The predicted molar refractivity (Wildman–Crippen MR) is 77.9 cm³/mol. The molecule has 1 aromatic carbocycles. The fourth-order valence-electron chi connectivity index (χ4n) is 3.35. The molecule has 2 aliphatic rings. The van der Waals surface area contributed by atoms with Crippen molar-refractivity contribution in [3.05, 3.63) is 37.9 Å². The Bertz CT molecular complexity index is 681. The van der Waals surface area contributed by atoms with Crippen LogP contribution in [0, 0.1) is 25.6 Å². The van der Waals surface area contributed by atoms with Gasteiger partial charge in [0.1, 0.15) is 0 Å². The molecule has 1 saturated carbocycles. The molecule has 0 N–H and O–H groups in total. The zero-order valence-corrected chi connectivity index (χ0v) is 12.5. The Morgan fingerprint density at radius 3 is 2.00 bits per heavy atom. The third-order valence-electron chi connectivity index (χ3n) is 4.73. The molecule has 0 aromatic heterocycles. The van der Waals surface area contributed by atoms with E-state index in [1.165, 1.54) is 4.90 Å². The second-order valence-corrected chi connectivity index (χ2v) is 6.40. The lowest BCUT2D eigenvalue weighted by Crippen LogP contribution is -2.37. The maximum atomic E-state index is 12.9. The molecule has 7 nitrogen and oxygen atoms in total. The molecule has 0 bridgehead atoms. The van der Waals surface area contributed by atoms with Gasteiger partial charge in [-0.1, -0.05) is 0 Å². The number of hydrogen-bond donors (Lipinski definition) is 0. The molecule has 130 valence electrons. The fourth-order valence-corrected chi connectivity index (χ4v) is 3.35. The number of alkyl halides is 3. The summed E-state index contributed by atoms with van der Waals surface area (Å²) in [6.07, 6.45) is -1.38. The van der Waals surface area contributed by atoms with Crippen LogP contribution in [0.15, 0.2) is 12.1 Å². The van der Waals surface area contributed by atoms with E-state index in [2.05, 4.69) is 0 Å². The van der Waals surface area contributed by atoms with Crippen molar-refractivity contribution in [2.45, 2.75) is 31.9 Å². The van der Waals surface area contributed by atoms with Crippen LogP contribution >= 0.6 is 0 Å². The molecule has 1 aliphatic heterocycles. The first kappa shape index (κ1) is 16.5. The van der Waals surface area contributed by atoms with Gasteiger partial charge in [0.25, 0.3) is 11.4 Å². The molecule has 1 spiro atoms. The van der Waals surface area contributed by atoms with Crippen LogP contribution in [-0.4, -0.2) is 22.9 Å². The number of nitro benzene ring substituents is 2. The maximum absolute atomic E-state index is 12.9. The van der Waals surface area contributed by atoms with Crippen molar-refractivity contribution in [3.63, 3.8) is 0 Å². The summed E-state index contributed by atoms with van der Waals surface area (Å²) in [6, 6.07) is 0.771. The summed E-state index contributed by atoms with van der Waals surface area (Å²) in [6.45, 7) is 0.759. The van der Waals surface area contributed by atoms with Crippen LogP contribution in [0.4, 0.5) is 30.2 Å². The van der Waals surface area contributed by atoms with Gasteiger partial charge in [0.2, 0.25) is 0 Å². The summed E-state index contributed by atoms with van der Waals surface area (Å²) in [5, 5.41) is 22.6. The first-order valence-electron chi connectivity index (χ1n) is 7.42. The average Bonchev–Trinajstić information content (AvgIpc) is 3.23. The lowest BCUT2D eigenvalue weighted by molar-refractivity contribution is -0.393. The highest BCUT2D eigenvalue weighted by molar-refractivity contribution is 5.76. The van der Waals surface area contributed by atoms with E-state index in [9.17, 15) is 33.4 Å². The van der Waals surface area contributed by atoms with Gasteiger partial charge in [-0.15, -0.1) is 0 Å². The zero-order valence-electron chi connectivity index (χ0n) is 12.5. The van der Waals surface area contributed by atoms with Crippen molar-refractivity contribution in [1.82, 2.24) is 0 Å². The van der Waals surface area contributed by atoms with E-state index in [1.807, 2.05) is 0 Å². The van der Waals surface area contributed by atoms with Crippen LogP contribution in [0.1, 0.15) is 31.2 Å². The molecule has 0 radical (unpaired) electrons. The third-order valence-corrected chi connectivity index (χ3v) is 4.73. The predicted octanol–water partition coefficient (Wildman–Crippen LogP) is 3.90. The number of hydrogen-bond acceptors (Lipinski definition) is 5. The van der Waals surface area contributed by atoms with Crippen molar-refractivity contribution >= 4 is 17.1 Å². The van der Waals surface area contributed by atoms with Crippen molar-refractivity contribution < 1.29 is 23.0 Å². The molecule has 2 fully saturated rings. The third kappa shape index (κ3) is 2.87. The van der Waals surface area contributed by atoms with Crippen LogP contribution in [0.2, 0.25) is 0 Å². The second kappa shape index (κ2) is 5.32. The van der Waals surface area contributed by atoms with Crippen molar-refractivity contribution in [2.75, 3.05) is 18.0 Å².